The Balaban J connectivity index is 1.62. The molecule has 2 aromatic rings. The lowest BCUT2D eigenvalue weighted by Gasteiger charge is -2.31. The molecule has 2 aromatic carbocycles. The summed E-state index contributed by atoms with van der Waals surface area (Å²) in [5.41, 5.74) is 4.51. The quantitative estimate of drug-likeness (QED) is 0.783. The van der Waals surface area contributed by atoms with E-state index in [1.807, 2.05) is 62.1 Å². The van der Waals surface area contributed by atoms with Crippen molar-refractivity contribution in [1.29, 1.82) is 0 Å². The van der Waals surface area contributed by atoms with E-state index in [1.54, 1.807) is 6.07 Å². The molecule has 6 nitrogen and oxygen atoms in total. The van der Waals surface area contributed by atoms with Gasteiger partial charge in [-0.15, -0.1) is 0 Å². The summed E-state index contributed by atoms with van der Waals surface area (Å²) >= 11 is 0. The van der Waals surface area contributed by atoms with Crippen molar-refractivity contribution in [2.24, 2.45) is 5.92 Å². The Morgan fingerprint density at radius 1 is 1.03 bits per heavy atom. The Morgan fingerprint density at radius 3 is 2.45 bits per heavy atom. The molecule has 2 N–H and O–H groups in total. The van der Waals surface area contributed by atoms with Gasteiger partial charge in [0.15, 0.2) is 0 Å². The van der Waals surface area contributed by atoms with Crippen LogP contribution in [0, 0.1) is 12.8 Å². The molecular formula is C23H27N3O3. The average molecular weight is 393 g/mol. The van der Waals surface area contributed by atoms with Crippen molar-refractivity contribution in [3.8, 4) is 0 Å². The lowest BCUT2D eigenvalue weighted by atomic mass is 9.99. The molecule has 0 atom stereocenters. The summed E-state index contributed by atoms with van der Waals surface area (Å²) in [4.78, 5) is 38.6. The summed E-state index contributed by atoms with van der Waals surface area (Å²) in [5, 5.41) is 5.28. The monoisotopic (exact) mass is 393 g/mol. The van der Waals surface area contributed by atoms with Gasteiger partial charge in [-0.3, -0.25) is 14.4 Å². The molecule has 29 heavy (non-hydrogen) atoms. The SMILES string of the molecule is Cc1ccc(CNC(=O)C(=O)Nc2ccc3c(c2)CCCN3C(=O)C(C)C)cc1. The molecule has 6 heteroatoms. The Labute approximate surface area is 171 Å². The molecular weight excluding hydrogens is 366 g/mol. The predicted molar refractivity (Wildman–Crippen MR) is 114 cm³/mol. The highest BCUT2D eigenvalue weighted by molar-refractivity contribution is 6.39. The van der Waals surface area contributed by atoms with Crippen LogP contribution < -0.4 is 15.5 Å². The van der Waals surface area contributed by atoms with Gasteiger partial charge in [0.2, 0.25) is 5.91 Å². The maximum absolute atomic E-state index is 12.4. The second kappa shape index (κ2) is 8.90. The molecule has 0 aromatic heterocycles. The number of carbonyl (C=O) groups is 3. The third-order valence-electron chi connectivity index (χ3n) is 5.00. The molecule has 152 valence electrons. The van der Waals surface area contributed by atoms with E-state index in [0.717, 1.165) is 35.2 Å². The standard InChI is InChI=1S/C23H27N3O3/c1-15(2)23(29)26-12-4-5-18-13-19(10-11-20(18)26)25-22(28)21(27)24-14-17-8-6-16(3)7-9-17/h6-11,13,15H,4-5,12,14H2,1-3H3,(H,24,27)(H,25,28). The number of carbonyl (C=O) groups excluding carboxylic acids is 3. The van der Waals surface area contributed by atoms with Crippen LogP contribution in [0.1, 0.15) is 37.0 Å². The first kappa shape index (κ1) is 20.6. The minimum Gasteiger partial charge on any atom is -0.344 e. The molecule has 3 amide bonds. The average Bonchev–Trinajstić information content (AvgIpc) is 2.71. The number of rotatable bonds is 4. The highest BCUT2D eigenvalue weighted by Gasteiger charge is 2.25. The van der Waals surface area contributed by atoms with Gasteiger partial charge in [-0.05, 0) is 49.1 Å². The fraction of sp³-hybridized carbons (Fsp3) is 0.348. The van der Waals surface area contributed by atoms with Crippen LogP contribution in [0.4, 0.5) is 11.4 Å². The lowest BCUT2D eigenvalue weighted by Crippen LogP contribution is -2.38. The van der Waals surface area contributed by atoms with E-state index in [9.17, 15) is 14.4 Å². The fourth-order valence-corrected chi connectivity index (χ4v) is 3.37. The number of hydrogen-bond donors (Lipinski definition) is 2. The molecule has 0 radical (unpaired) electrons. The molecule has 3 rings (SSSR count). The summed E-state index contributed by atoms with van der Waals surface area (Å²) in [6.07, 6.45) is 1.71. The fourth-order valence-electron chi connectivity index (χ4n) is 3.37. The van der Waals surface area contributed by atoms with Gasteiger partial charge in [-0.1, -0.05) is 43.7 Å². The van der Waals surface area contributed by atoms with Crippen LogP contribution in [-0.4, -0.2) is 24.3 Å². The highest BCUT2D eigenvalue weighted by Crippen LogP contribution is 2.30. The van der Waals surface area contributed by atoms with Crippen LogP contribution in [0.15, 0.2) is 42.5 Å². The summed E-state index contributed by atoms with van der Waals surface area (Å²) in [5.74, 6) is -1.36. The number of nitrogens with one attached hydrogen (secondary N) is 2. The first-order valence-electron chi connectivity index (χ1n) is 9.94. The second-order valence-corrected chi connectivity index (χ2v) is 7.71. The maximum Gasteiger partial charge on any atom is 0.313 e. The van der Waals surface area contributed by atoms with Crippen molar-refractivity contribution in [3.63, 3.8) is 0 Å². The molecule has 0 unspecified atom stereocenters. The van der Waals surface area contributed by atoms with Gasteiger partial charge >= 0.3 is 11.8 Å². The molecule has 1 heterocycles. The van der Waals surface area contributed by atoms with Gasteiger partial charge in [0.25, 0.3) is 0 Å². The zero-order chi connectivity index (χ0) is 21.0. The Bertz CT molecular complexity index is 919. The van der Waals surface area contributed by atoms with Gasteiger partial charge in [-0.2, -0.15) is 0 Å². The third kappa shape index (κ3) is 5.02. The van der Waals surface area contributed by atoms with E-state index in [1.165, 1.54) is 0 Å². The minimum atomic E-state index is -0.706. The summed E-state index contributed by atoms with van der Waals surface area (Å²) in [6, 6.07) is 13.2. The van der Waals surface area contributed by atoms with Gasteiger partial charge in [-0.25, -0.2) is 0 Å². The molecule has 0 fully saturated rings. The van der Waals surface area contributed by atoms with Crippen LogP contribution in [0.25, 0.3) is 0 Å². The zero-order valence-corrected chi connectivity index (χ0v) is 17.1. The predicted octanol–water partition coefficient (Wildman–Crippen LogP) is 3.19. The molecule has 0 spiro atoms. The number of aryl methyl sites for hydroxylation is 2. The highest BCUT2D eigenvalue weighted by atomic mass is 16.2. The van der Waals surface area contributed by atoms with Crippen LogP contribution in [0.2, 0.25) is 0 Å². The molecule has 1 aliphatic heterocycles. The smallest absolute Gasteiger partial charge is 0.313 e. The molecule has 1 aliphatic rings. The zero-order valence-electron chi connectivity index (χ0n) is 17.1. The van der Waals surface area contributed by atoms with Crippen molar-refractivity contribution >= 4 is 29.1 Å². The molecule has 0 bridgehead atoms. The summed E-state index contributed by atoms with van der Waals surface area (Å²) < 4.78 is 0. The van der Waals surface area contributed by atoms with Gasteiger partial charge in [0.1, 0.15) is 0 Å². The Morgan fingerprint density at radius 2 is 1.76 bits per heavy atom. The first-order valence-corrected chi connectivity index (χ1v) is 9.94. The number of fused-ring (bicyclic) bond motifs is 1. The van der Waals surface area contributed by atoms with E-state index in [4.69, 9.17) is 0 Å². The van der Waals surface area contributed by atoms with Gasteiger partial charge < -0.3 is 15.5 Å². The van der Waals surface area contributed by atoms with Crippen molar-refractivity contribution in [2.75, 3.05) is 16.8 Å². The topological polar surface area (TPSA) is 78.5 Å². The summed E-state index contributed by atoms with van der Waals surface area (Å²) in [6.45, 7) is 6.77. The van der Waals surface area contributed by atoms with E-state index in [2.05, 4.69) is 10.6 Å². The van der Waals surface area contributed by atoms with E-state index >= 15 is 0 Å². The normalized spacial score (nSPS) is 13.0. The van der Waals surface area contributed by atoms with Gasteiger partial charge in [0.05, 0.1) is 0 Å². The number of nitrogens with zero attached hydrogens (tertiary/aromatic N) is 1. The van der Waals surface area contributed by atoms with Gasteiger partial charge in [0, 0.05) is 30.4 Å². The van der Waals surface area contributed by atoms with Crippen molar-refractivity contribution < 1.29 is 14.4 Å². The summed E-state index contributed by atoms with van der Waals surface area (Å²) in [7, 11) is 0. The third-order valence-corrected chi connectivity index (χ3v) is 5.00. The largest absolute Gasteiger partial charge is 0.344 e. The minimum absolute atomic E-state index is 0.0717. The number of hydrogen-bond acceptors (Lipinski definition) is 3. The van der Waals surface area contributed by atoms with E-state index in [-0.39, 0.29) is 11.8 Å². The lowest BCUT2D eigenvalue weighted by molar-refractivity contribution is -0.136. The number of anilines is 2. The van der Waals surface area contributed by atoms with Crippen molar-refractivity contribution in [3.05, 3.63) is 59.2 Å². The van der Waals surface area contributed by atoms with Crippen LogP contribution in [0.5, 0.6) is 0 Å². The van der Waals surface area contributed by atoms with Crippen molar-refractivity contribution in [2.45, 2.75) is 40.2 Å². The Hall–Kier alpha value is -3.15. The van der Waals surface area contributed by atoms with E-state index < -0.39 is 11.8 Å². The maximum atomic E-state index is 12.4. The van der Waals surface area contributed by atoms with E-state index in [0.29, 0.717) is 18.8 Å². The number of benzene rings is 2. The molecule has 0 aliphatic carbocycles. The molecule has 0 saturated heterocycles. The van der Waals surface area contributed by atoms with Crippen molar-refractivity contribution in [1.82, 2.24) is 5.32 Å². The molecule has 0 saturated carbocycles. The van der Waals surface area contributed by atoms with Crippen LogP contribution in [-0.2, 0) is 27.3 Å². The first-order chi connectivity index (χ1) is 13.8. The Kier molecular flexibility index (Phi) is 6.32. The van der Waals surface area contributed by atoms with Crippen LogP contribution in [0.3, 0.4) is 0 Å². The number of amides is 3. The second-order valence-electron chi connectivity index (χ2n) is 7.71. The van der Waals surface area contributed by atoms with Crippen LogP contribution >= 0.6 is 0 Å².